The number of rotatable bonds is 64. The number of unbranched alkanes of at least 4 members (excludes halogenated alkanes) is 48. The summed E-state index contributed by atoms with van der Waals surface area (Å²) in [6.45, 7) is 4.35. The predicted molar refractivity (Wildman–Crippen MR) is 348 cm³/mol. The fraction of sp³-hybridized carbons (Fsp3) is 0.917. The van der Waals surface area contributed by atoms with Crippen molar-refractivity contribution in [3.05, 3.63) is 24.3 Å². The highest BCUT2D eigenvalue weighted by molar-refractivity contribution is 5.76. The molecule has 1 rings (SSSR count). The highest BCUT2D eigenvalue weighted by atomic mass is 16.7. The van der Waals surface area contributed by atoms with E-state index in [0.717, 1.165) is 57.8 Å². The van der Waals surface area contributed by atoms with E-state index in [2.05, 4.69) is 31.3 Å². The molecule has 0 aromatic carbocycles. The fourth-order valence-electron chi connectivity index (χ4n) is 11.6. The largest absolute Gasteiger partial charge is 0.466 e. The number of allylic oxidation sites excluding steroid dienone is 3. The summed E-state index contributed by atoms with van der Waals surface area (Å²) in [6.07, 6.45) is 67.6. The first-order valence-electron chi connectivity index (χ1n) is 36.1. The Kier molecular flexibility index (Phi) is 58.9. The van der Waals surface area contributed by atoms with Gasteiger partial charge in [-0.15, -0.1) is 0 Å². The van der Waals surface area contributed by atoms with E-state index in [-0.39, 0.29) is 18.5 Å². The molecule has 1 aliphatic rings. The number of ether oxygens (including phenoxy) is 3. The van der Waals surface area contributed by atoms with E-state index in [1.165, 1.54) is 276 Å². The van der Waals surface area contributed by atoms with E-state index in [1.54, 1.807) is 6.08 Å². The Balaban J connectivity index is 1.89. The number of aliphatic hydroxyl groups is 5. The van der Waals surface area contributed by atoms with Crippen LogP contribution in [0.1, 0.15) is 361 Å². The average Bonchev–Trinajstić information content (AvgIpc) is 3.57. The number of hydrogen-bond donors (Lipinski definition) is 6. The normalized spacial score (nSPS) is 18.2. The zero-order valence-electron chi connectivity index (χ0n) is 54.4. The first kappa shape index (κ1) is 79.2. The van der Waals surface area contributed by atoms with Gasteiger partial charge in [-0.25, -0.2) is 0 Å². The third-order valence-corrected chi connectivity index (χ3v) is 17.3. The SMILES string of the molecule is CCCCCCCCC/C=C\CCCCCCCCCC(=O)OCCCCCCCCCCCCCCCCCCCCCCCCCCCCCCC(=O)NC(COC1OC(CO)C(O)C(O)C1O)C(O)/C=C/CCCCCCCCC. The molecule has 0 aromatic heterocycles. The second-order valence-electron chi connectivity index (χ2n) is 25.3. The third kappa shape index (κ3) is 50.8. The number of esters is 1. The van der Waals surface area contributed by atoms with Crippen LogP contribution in [0, 0.1) is 0 Å². The summed E-state index contributed by atoms with van der Waals surface area (Å²) in [5, 5.41) is 54.3. The van der Waals surface area contributed by atoms with Crippen molar-refractivity contribution < 1.29 is 49.3 Å². The second-order valence-corrected chi connectivity index (χ2v) is 25.3. The Hall–Kier alpha value is -1.86. The molecule has 1 saturated heterocycles. The van der Waals surface area contributed by atoms with Gasteiger partial charge in [-0.3, -0.25) is 9.59 Å². The molecule has 1 heterocycles. The molecule has 1 fully saturated rings. The smallest absolute Gasteiger partial charge is 0.305 e. The van der Waals surface area contributed by atoms with Crippen LogP contribution in [0.3, 0.4) is 0 Å². The molecule has 490 valence electrons. The van der Waals surface area contributed by atoms with Crippen molar-refractivity contribution in [2.45, 2.75) is 403 Å². The maximum Gasteiger partial charge on any atom is 0.305 e. The van der Waals surface area contributed by atoms with Crippen LogP contribution in [0.15, 0.2) is 24.3 Å². The van der Waals surface area contributed by atoms with Crippen molar-refractivity contribution in [3.63, 3.8) is 0 Å². The maximum absolute atomic E-state index is 13.0. The molecule has 11 heteroatoms. The molecule has 0 saturated carbocycles. The lowest BCUT2D eigenvalue weighted by molar-refractivity contribution is -0.302. The fourth-order valence-corrected chi connectivity index (χ4v) is 11.6. The predicted octanol–water partition coefficient (Wildman–Crippen LogP) is 18.4. The van der Waals surface area contributed by atoms with Crippen molar-refractivity contribution in [2.24, 2.45) is 0 Å². The van der Waals surface area contributed by atoms with Gasteiger partial charge in [-0.2, -0.15) is 0 Å². The van der Waals surface area contributed by atoms with Gasteiger partial charge in [0.25, 0.3) is 0 Å². The summed E-state index contributed by atoms with van der Waals surface area (Å²) in [4.78, 5) is 25.1. The highest BCUT2D eigenvalue weighted by Crippen LogP contribution is 2.23. The molecule has 1 aliphatic heterocycles. The van der Waals surface area contributed by atoms with Crippen LogP contribution in [0.4, 0.5) is 0 Å². The van der Waals surface area contributed by atoms with Crippen molar-refractivity contribution in [1.82, 2.24) is 5.32 Å². The van der Waals surface area contributed by atoms with Crippen LogP contribution < -0.4 is 5.32 Å². The van der Waals surface area contributed by atoms with Gasteiger partial charge in [0.1, 0.15) is 24.4 Å². The topological polar surface area (TPSA) is 175 Å². The van der Waals surface area contributed by atoms with Crippen molar-refractivity contribution >= 4 is 11.9 Å². The lowest BCUT2D eigenvalue weighted by Gasteiger charge is -2.40. The van der Waals surface area contributed by atoms with Gasteiger partial charge in [0, 0.05) is 12.8 Å². The summed E-state index contributed by atoms with van der Waals surface area (Å²) < 4.78 is 16.7. The van der Waals surface area contributed by atoms with Gasteiger partial charge < -0.3 is 45.1 Å². The summed E-state index contributed by atoms with van der Waals surface area (Å²) >= 11 is 0. The van der Waals surface area contributed by atoms with Crippen LogP contribution >= 0.6 is 0 Å². The Morgan fingerprint density at radius 3 is 1.16 bits per heavy atom. The Morgan fingerprint density at radius 2 is 0.771 bits per heavy atom. The molecule has 0 aliphatic carbocycles. The third-order valence-electron chi connectivity index (χ3n) is 17.3. The minimum atomic E-state index is -1.57. The summed E-state index contributed by atoms with van der Waals surface area (Å²) in [6, 6.07) is -0.806. The molecule has 0 aromatic rings. The lowest BCUT2D eigenvalue weighted by Crippen LogP contribution is -2.60. The van der Waals surface area contributed by atoms with E-state index in [1.807, 2.05) is 6.08 Å². The Bertz CT molecular complexity index is 1430. The van der Waals surface area contributed by atoms with E-state index >= 15 is 0 Å². The second kappa shape index (κ2) is 61.8. The number of carbonyl (C=O) groups is 2. The number of aliphatic hydroxyl groups excluding tert-OH is 5. The zero-order chi connectivity index (χ0) is 60.2. The van der Waals surface area contributed by atoms with Gasteiger partial charge in [-0.05, 0) is 57.8 Å². The Morgan fingerprint density at radius 1 is 0.434 bits per heavy atom. The van der Waals surface area contributed by atoms with Crippen molar-refractivity contribution in [1.29, 1.82) is 0 Å². The maximum atomic E-state index is 13.0. The van der Waals surface area contributed by atoms with E-state index < -0.39 is 49.5 Å². The zero-order valence-corrected chi connectivity index (χ0v) is 54.4. The monoisotopic (exact) mass is 1180 g/mol. The van der Waals surface area contributed by atoms with E-state index in [4.69, 9.17) is 14.2 Å². The molecule has 0 radical (unpaired) electrons. The summed E-state index contributed by atoms with van der Waals surface area (Å²) in [5.41, 5.74) is 0. The van der Waals surface area contributed by atoms with Gasteiger partial charge in [0.05, 0.1) is 32.0 Å². The van der Waals surface area contributed by atoms with Gasteiger partial charge in [-0.1, -0.05) is 314 Å². The number of amides is 1. The standard InChI is InChI=1S/C72H137NO10/c1-3-5-7-9-11-13-14-15-16-17-31-34-37-40-44-48-52-56-60-68(77)81-61-57-53-49-45-41-38-35-32-29-27-25-23-21-19-18-20-22-24-26-28-30-33-36-39-43-47-51-55-59-67(76)73-64(65(75)58-54-50-46-42-12-10-8-6-4-2)63-82-72-71(80)70(79)69(78)66(62-74)83-72/h16-17,54,58,64-66,69-72,74-75,78-80H,3-15,18-53,55-57,59-63H2,1-2H3,(H,73,76)/b17-16-,58-54+. The molecule has 0 bridgehead atoms. The van der Waals surface area contributed by atoms with Crippen LogP contribution in [-0.2, 0) is 23.8 Å². The molecule has 7 unspecified atom stereocenters. The quantitative estimate of drug-likeness (QED) is 0.0195. The molecule has 83 heavy (non-hydrogen) atoms. The average molecular weight is 1180 g/mol. The van der Waals surface area contributed by atoms with E-state index in [0.29, 0.717) is 19.4 Å². The first-order valence-corrected chi connectivity index (χ1v) is 36.1. The Labute approximate surface area is 511 Å². The lowest BCUT2D eigenvalue weighted by atomic mass is 9.99. The molecule has 0 spiro atoms. The highest BCUT2D eigenvalue weighted by Gasteiger charge is 2.44. The number of hydrogen-bond acceptors (Lipinski definition) is 10. The number of carbonyl (C=O) groups excluding carboxylic acids is 2. The van der Waals surface area contributed by atoms with Gasteiger partial charge in [0.2, 0.25) is 5.91 Å². The summed E-state index contributed by atoms with van der Waals surface area (Å²) in [5.74, 6) is -0.172. The summed E-state index contributed by atoms with van der Waals surface area (Å²) in [7, 11) is 0. The minimum absolute atomic E-state index is 0.00739. The van der Waals surface area contributed by atoms with Crippen molar-refractivity contribution in [3.8, 4) is 0 Å². The van der Waals surface area contributed by atoms with Crippen LogP contribution in [0.25, 0.3) is 0 Å². The van der Waals surface area contributed by atoms with Crippen LogP contribution in [0.2, 0.25) is 0 Å². The van der Waals surface area contributed by atoms with Gasteiger partial charge >= 0.3 is 5.97 Å². The molecular formula is C72H137NO10. The first-order chi connectivity index (χ1) is 40.7. The molecule has 6 N–H and O–H groups in total. The molecule has 7 atom stereocenters. The molecule has 11 nitrogen and oxygen atoms in total. The van der Waals surface area contributed by atoms with Crippen LogP contribution in [0.5, 0.6) is 0 Å². The molecular weight excluding hydrogens is 1040 g/mol. The molecule has 1 amide bonds. The van der Waals surface area contributed by atoms with Crippen molar-refractivity contribution in [2.75, 3.05) is 19.8 Å². The van der Waals surface area contributed by atoms with Crippen LogP contribution in [-0.4, -0.2) is 100 Å². The van der Waals surface area contributed by atoms with E-state index in [9.17, 15) is 35.1 Å². The minimum Gasteiger partial charge on any atom is -0.466 e. The number of nitrogens with one attached hydrogen (secondary N) is 1. The van der Waals surface area contributed by atoms with Gasteiger partial charge in [0.15, 0.2) is 6.29 Å².